The van der Waals surface area contributed by atoms with Crippen LogP contribution in [0.4, 0.5) is 0 Å². The van der Waals surface area contributed by atoms with Crippen molar-refractivity contribution in [2.24, 2.45) is 17.1 Å². The van der Waals surface area contributed by atoms with E-state index in [2.05, 4.69) is 31.1 Å². The maximum atomic E-state index is 12.1. The lowest BCUT2D eigenvalue weighted by Gasteiger charge is -2.40. The maximum Gasteiger partial charge on any atom is 0.270 e. The number of hydrogen-bond acceptors (Lipinski definition) is 5. The number of carbonyl (C=O) groups is 1. The molecule has 22 heavy (non-hydrogen) atoms. The lowest BCUT2D eigenvalue weighted by Crippen LogP contribution is -2.45. The summed E-state index contributed by atoms with van der Waals surface area (Å²) >= 11 is 1.42. The lowest BCUT2D eigenvalue weighted by molar-refractivity contribution is -0.0839. The van der Waals surface area contributed by atoms with Crippen molar-refractivity contribution in [2.75, 3.05) is 13.2 Å². The van der Waals surface area contributed by atoms with Crippen LogP contribution < -0.4 is 11.1 Å². The molecular formula is C15H26ClN3O2S. The average Bonchev–Trinajstić information content (AvgIpc) is 2.93. The van der Waals surface area contributed by atoms with Crippen LogP contribution in [-0.2, 0) is 11.3 Å². The predicted octanol–water partition coefficient (Wildman–Crippen LogP) is 2.59. The summed E-state index contributed by atoms with van der Waals surface area (Å²) in [6.45, 7) is 8.39. The molecule has 0 aromatic carbocycles. The van der Waals surface area contributed by atoms with E-state index in [1.807, 2.05) is 0 Å². The average molecular weight is 348 g/mol. The summed E-state index contributed by atoms with van der Waals surface area (Å²) in [5.41, 5.74) is 6.07. The second-order valence-electron chi connectivity index (χ2n) is 6.60. The van der Waals surface area contributed by atoms with Gasteiger partial charge in [-0.15, -0.1) is 23.7 Å². The summed E-state index contributed by atoms with van der Waals surface area (Å²) in [6.07, 6.45) is 2.33. The minimum Gasteiger partial charge on any atom is -0.377 e. The molecule has 2 unspecified atom stereocenters. The summed E-state index contributed by atoms with van der Waals surface area (Å²) in [7, 11) is 0. The number of nitrogens with one attached hydrogen (secondary N) is 1. The first-order valence-corrected chi connectivity index (χ1v) is 8.34. The van der Waals surface area contributed by atoms with E-state index in [0.717, 1.165) is 24.5 Å². The molecule has 1 aliphatic heterocycles. The molecular weight excluding hydrogens is 322 g/mol. The van der Waals surface area contributed by atoms with E-state index >= 15 is 0 Å². The van der Waals surface area contributed by atoms with Crippen LogP contribution in [0.25, 0.3) is 0 Å². The van der Waals surface area contributed by atoms with Gasteiger partial charge in [0.15, 0.2) is 0 Å². The quantitative estimate of drug-likeness (QED) is 0.877. The van der Waals surface area contributed by atoms with Gasteiger partial charge in [-0.1, -0.05) is 20.8 Å². The second kappa shape index (κ2) is 8.24. The number of nitrogens with zero attached hydrogens (tertiary/aromatic N) is 1. The number of halogens is 1. The molecule has 0 radical (unpaired) electrons. The van der Waals surface area contributed by atoms with Gasteiger partial charge in [0.1, 0.15) is 10.7 Å². The Balaban J connectivity index is 0.00000242. The monoisotopic (exact) mass is 347 g/mol. The van der Waals surface area contributed by atoms with Gasteiger partial charge in [0.05, 0.1) is 6.10 Å². The van der Waals surface area contributed by atoms with Crippen molar-refractivity contribution >= 4 is 29.7 Å². The van der Waals surface area contributed by atoms with Gasteiger partial charge in [-0.25, -0.2) is 4.98 Å². The Kier molecular flexibility index (Phi) is 7.25. The molecule has 1 aromatic rings. The van der Waals surface area contributed by atoms with Crippen molar-refractivity contribution in [3.63, 3.8) is 0 Å². The zero-order valence-corrected chi connectivity index (χ0v) is 15.1. The molecule has 5 nitrogen and oxygen atoms in total. The Labute approximate surface area is 142 Å². The highest BCUT2D eigenvalue weighted by atomic mass is 35.5. The van der Waals surface area contributed by atoms with Gasteiger partial charge in [-0.3, -0.25) is 4.79 Å². The third-order valence-corrected chi connectivity index (χ3v) is 4.65. The van der Waals surface area contributed by atoms with Gasteiger partial charge in [-0.05, 0) is 18.3 Å². The summed E-state index contributed by atoms with van der Waals surface area (Å²) in [5, 5.41) is 5.54. The molecule has 0 aliphatic carbocycles. The fourth-order valence-electron chi connectivity index (χ4n) is 2.83. The third-order valence-electron chi connectivity index (χ3n) is 3.78. The minimum atomic E-state index is -0.121. The molecule has 1 aliphatic rings. The zero-order valence-electron chi connectivity index (χ0n) is 13.4. The Morgan fingerprint density at radius 2 is 2.27 bits per heavy atom. The van der Waals surface area contributed by atoms with E-state index in [1.54, 1.807) is 5.38 Å². The number of hydrogen-bond donors (Lipinski definition) is 2. The van der Waals surface area contributed by atoms with Crippen molar-refractivity contribution in [3.05, 3.63) is 16.1 Å². The standard InChI is InChI=1S/C15H25N3O2S.ClH/c1-15(2,3)13-10(5-4-6-20-13)8-17-14(19)11-9-21-12(7-16)18-11;/h9-10,13H,4-8,16H2,1-3H3,(H,17,19);1H. The smallest absolute Gasteiger partial charge is 0.270 e. The van der Waals surface area contributed by atoms with Crippen LogP contribution >= 0.6 is 23.7 Å². The zero-order chi connectivity index (χ0) is 15.5. The first kappa shape index (κ1) is 19.4. The number of ether oxygens (including phenoxy) is 1. The molecule has 1 saturated heterocycles. The predicted molar refractivity (Wildman–Crippen MR) is 91.5 cm³/mol. The number of nitrogens with two attached hydrogens (primary N) is 1. The molecule has 2 rings (SSSR count). The Morgan fingerprint density at radius 3 is 2.86 bits per heavy atom. The fourth-order valence-corrected chi connectivity index (χ4v) is 3.49. The molecule has 0 saturated carbocycles. The van der Waals surface area contributed by atoms with Gasteiger partial charge < -0.3 is 15.8 Å². The highest BCUT2D eigenvalue weighted by Gasteiger charge is 2.35. The van der Waals surface area contributed by atoms with Crippen LogP contribution in [0, 0.1) is 11.3 Å². The molecule has 3 N–H and O–H groups in total. The van der Waals surface area contributed by atoms with Gasteiger partial charge in [0.2, 0.25) is 0 Å². The van der Waals surface area contributed by atoms with E-state index < -0.39 is 0 Å². The summed E-state index contributed by atoms with van der Waals surface area (Å²) in [6, 6.07) is 0. The SMILES string of the molecule is CC(C)(C)C1OCCCC1CNC(=O)c1csc(CN)n1.Cl. The molecule has 2 heterocycles. The number of thiazole rings is 1. The molecule has 0 bridgehead atoms. The summed E-state index contributed by atoms with van der Waals surface area (Å²) in [4.78, 5) is 16.3. The van der Waals surface area contributed by atoms with Crippen molar-refractivity contribution in [1.29, 1.82) is 0 Å². The summed E-state index contributed by atoms with van der Waals surface area (Å²) < 4.78 is 5.93. The highest BCUT2D eigenvalue weighted by Crippen LogP contribution is 2.33. The van der Waals surface area contributed by atoms with Gasteiger partial charge in [0.25, 0.3) is 5.91 Å². The van der Waals surface area contributed by atoms with Crippen LogP contribution in [0.15, 0.2) is 5.38 Å². The third kappa shape index (κ3) is 4.91. The number of amides is 1. The van der Waals surface area contributed by atoms with E-state index in [-0.39, 0.29) is 29.8 Å². The van der Waals surface area contributed by atoms with Crippen molar-refractivity contribution in [2.45, 2.75) is 46.3 Å². The summed E-state index contributed by atoms with van der Waals surface area (Å²) in [5.74, 6) is 0.236. The molecule has 2 atom stereocenters. The van der Waals surface area contributed by atoms with Crippen molar-refractivity contribution in [3.8, 4) is 0 Å². The maximum absolute atomic E-state index is 12.1. The second-order valence-corrected chi connectivity index (χ2v) is 7.54. The number of rotatable bonds is 4. The van der Waals surface area contributed by atoms with Gasteiger partial charge >= 0.3 is 0 Å². The van der Waals surface area contributed by atoms with Gasteiger partial charge in [0, 0.05) is 31.0 Å². The molecule has 1 aromatic heterocycles. The van der Waals surface area contributed by atoms with Crippen molar-refractivity contribution < 1.29 is 9.53 Å². The Bertz CT molecular complexity index is 487. The normalized spacial score (nSPS) is 22.0. The lowest BCUT2D eigenvalue weighted by atomic mass is 9.78. The topological polar surface area (TPSA) is 77.2 Å². The van der Waals surface area contributed by atoms with Gasteiger partial charge in [-0.2, -0.15) is 0 Å². The molecule has 1 amide bonds. The Hall–Kier alpha value is -0.690. The Morgan fingerprint density at radius 1 is 1.55 bits per heavy atom. The van der Waals surface area contributed by atoms with Crippen LogP contribution in [0.2, 0.25) is 0 Å². The van der Waals surface area contributed by atoms with Crippen LogP contribution in [0.1, 0.15) is 49.1 Å². The first-order chi connectivity index (χ1) is 9.91. The number of aromatic nitrogens is 1. The molecule has 0 spiro atoms. The van der Waals surface area contributed by atoms with Crippen LogP contribution in [0.3, 0.4) is 0 Å². The van der Waals surface area contributed by atoms with Crippen molar-refractivity contribution in [1.82, 2.24) is 10.3 Å². The number of carbonyl (C=O) groups excluding carboxylic acids is 1. The minimum absolute atomic E-state index is 0. The largest absolute Gasteiger partial charge is 0.377 e. The van der Waals surface area contributed by atoms with Crippen LogP contribution in [-0.4, -0.2) is 30.1 Å². The van der Waals surface area contributed by atoms with E-state index in [1.165, 1.54) is 11.3 Å². The van der Waals surface area contributed by atoms with E-state index in [0.29, 0.717) is 24.7 Å². The molecule has 126 valence electrons. The van der Waals surface area contributed by atoms with E-state index in [9.17, 15) is 4.79 Å². The van der Waals surface area contributed by atoms with Crippen LogP contribution in [0.5, 0.6) is 0 Å². The molecule has 7 heteroatoms. The fraction of sp³-hybridized carbons (Fsp3) is 0.733. The highest BCUT2D eigenvalue weighted by molar-refractivity contribution is 7.09. The van der Waals surface area contributed by atoms with E-state index in [4.69, 9.17) is 10.5 Å². The molecule has 1 fully saturated rings. The first-order valence-electron chi connectivity index (χ1n) is 7.46.